The van der Waals surface area contributed by atoms with Crippen LogP contribution in [-0.2, 0) is 0 Å². The number of hydrogen-bond donors (Lipinski definition) is 3. The summed E-state index contributed by atoms with van der Waals surface area (Å²) < 4.78 is 0. The molecule has 2 aromatic heterocycles. The molecule has 5 rings (SSSR count). The minimum atomic E-state index is -0.126. The molecule has 1 aliphatic rings. The normalized spacial score (nSPS) is 14.9. The van der Waals surface area contributed by atoms with Gasteiger partial charge in [0.25, 0.3) is 0 Å². The van der Waals surface area contributed by atoms with Crippen LogP contribution in [-0.4, -0.2) is 41.1 Å². The number of imidazole rings is 1. The van der Waals surface area contributed by atoms with Crippen LogP contribution in [0.5, 0.6) is 0 Å². The van der Waals surface area contributed by atoms with Gasteiger partial charge in [-0.3, -0.25) is 4.79 Å². The maximum absolute atomic E-state index is 13.0. The van der Waals surface area contributed by atoms with Gasteiger partial charge in [-0.25, -0.2) is 4.98 Å². The highest BCUT2D eigenvalue weighted by atomic mass is 35.5. The summed E-state index contributed by atoms with van der Waals surface area (Å²) in [6.45, 7) is 5.95. The van der Waals surface area contributed by atoms with Crippen LogP contribution in [0.25, 0.3) is 33.3 Å². The highest BCUT2D eigenvalue weighted by Crippen LogP contribution is 2.29. The van der Waals surface area contributed by atoms with Gasteiger partial charge in [-0.1, -0.05) is 23.7 Å². The first-order chi connectivity index (χ1) is 13.6. The van der Waals surface area contributed by atoms with Gasteiger partial charge in [-0.15, -0.1) is 0 Å². The van der Waals surface area contributed by atoms with Gasteiger partial charge in [-0.2, -0.15) is 0 Å². The van der Waals surface area contributed by atoms with E-state index in [0.717, 1.165) is 48.3 Å². The molecule has 2 aromatic carbocycles. The third-order valence-electron chi connectivity index (χ3n) is 5.34. The molecule has 0 unspecified atom stereocenters. The minimum Gasteiger partial charge on any atom is -0.369 e. The van der Waals surface area contributed by atoms with E-state index in [-0.39, 0.29) is 5.43 Å². The second-order valence-corrected chi connectivity index (χ2v) is 7.55. The number of nitrogens with zero attached hydrogens (tertiary/aromatic N) is 2. The van der Waals surface area contributed by atoms with E-state index in [1.54, 1.807) is 6.07 Å². The van der Waals surface area contributed by atoms with Gasteiger partial charge in [0.05, 0.1) is 16.6 Å². The molecular formula is C21H20ClN5O. The van der Waals surface area contributed by atoms with Crippen molar-refractivity contribution >= 4 is 39.2 Å². The molecule has 4 aromatic rings. The largest absolute Gasteiger partial charge is 0.369 e. The first-order valence-electron chi connectivity index (χ1n) is 9.39. The van der Waals surface area contributed by atoms with Gasteiger partial charge in [0.1, 0.15) is 16.5 Å². The van der Waals surface area contributed by atoms with Gasteiger partial charge < -0.3 is 20.2 Å². The zero-order valence-corrected chi connectivity index (χ0v) is 16.2. The number of para-hydroxylation sites is 1. The van der Waals surface area contributed by atoms with Crippen molar-refractivity contribution in [3.8, 4) is 11.4 Å². The number of halogens is 1. The Balaban J connectivity index is 1.67. The number of hydrogen-bond acceptors (Lipinski definition) is 4. The zero-order chi connectivity index (χ0) is 19.3. The van der Waals surface area contributed by atoms with Gasteiger partial charge >= 0.3 is 0 Å². The van der Waals surface area contributed by atoms with E-state index in [1.165, 1.54) is 5.69 Å². The molecule has 0 amide bonds. The summed E-state index contributed by atoms with van der Waals surface area (Å²) in [5, 5.41) is 4.27. The Morgan fingerprint density at radius 2 is 1.86 bits per heavy atom. The summed E-state index contributed by atoms with van der Waals surface area (Å²) in [5.41, 5.74) is 4.97. The molecule has 7 heteroatoms. The van der Waals surface area contributed by atoms with Crippen molar-refractivity contribution in [2.24, 2.45) is 0 Å². The topological polar surface area (TPSA) is 76.8 Å². The van der Waals surface area contributed by atoms with E-state index in [2.05, 4.69) is 32.3 Å². The average Bonchev–Trinajstić information content (AvgIpc) is 3.13. The lowest BCUT2D eigenvalue weighted by Crippen LogP contribution is -2.43. The number of aromatic amines is 2. The monoisotopic (exact) mass is 393 g/mol. The van der Waals surface area contributed by atoms with Crippen molar-refractivity contribution in [3.05, 3.63) is 57.3 Å². The van der Waals surface area contributed by atoms with Gasteiger partial charge in [0.2, 0.25) is 5.43 Å². The number of pyridine rings is 1. The van der Waals surface area contributed by atoms with Crippen LogP contribution in [0.2, 0.25) is 5.15 Å². The third kappa shape index (κ3) is 2.77. The lowest BCUT2D eigenvalue weighted by molar-refractivity contribution is 0.589. The smallest absolute Gasteiger partial charge is 0.201 e. The summed E-state index contributed by atoms with van der Waals surface area (Å²) >= 11 is 6.43. The van der Waals surface area contributed by atoms with Crippen molar-refractivity contribution in [2.45, 2.75) is 6.92 Å². The van der Waals surface area contributed by atoms with Crippen LogP contribution in [0.15, 0.2) is 41.2 Å². The molecule has 0 aliphatic carbocycles. The lowest BCUT2D eigenvalue weighted by atomic mass is 10.1. The lowest BCUT2D eigenvalue weighted by Gasteiger charge is -2.29. The van der Waals surface area contributed by atoms with Crippen molar-refractivity contribution < 1.29 is 0 Å². The minimum absolute atomic E-state index is 0.126. The van der Waals surface area contributed by atoms with Crippen LogP contribution >= 0.6 is 11.6 Å². The number of aromatic nitrogens is 3. The van der Waals surface area contributed by atoms with E-state index in [9.17, 15) is 4.79 Å². The summed E-state index contributed by atoms with van der Waals surface area (Å²) in [4.78, 5) is 26.5. The number of aryl methyl sites for hydroxylation is 1. The molecule has 0 saturated carbocycles. The van der Waals surface area contributed by atoms with Gasteiger partial charge in [-0.05, 0) is 36.8 Å². The van der Waals surface area contributed by atoms with Crippen molar-refractivity contribution in [1.82, 2.24) is 20.3 Å². The molecule has 3 N–H and O–H groups in total. The van der Waals surface area contributed by atoms with Crippen LogP contribution in [0, 0.1) is 6.92 Å². The Hall–Kier alpha value is -2.83. The predicted octanol–water partition coefficient (Wildman–Crippen LogP) is 3.44. The molecule has 1 aliphatic heterocycles. The fourth-order valence-corrected chi connectivity index (χ4v) is 4.19. The molecule has 142 valence electrons. The quantitative estimate of drug-likeness (QED) is 0.456. The second-order valence-electron chi connectivity index (χ2n) is 7.17. The maximum Gasteiger partial charge on any atom is 0.201 e. The number of H-pyrrole nitrogens is 2. The Morgan fingerprint density at radius 1 is 1.07 bits per heavy atom. The molecule has 3 heterocycles. The van der Waals surface area contributed by atoms with Gasteiger partial charge in [0, 0.05) is 37.3 Å². The number of anilines is 1. The van der Waals surface area contributed by atoms with E-state index in [0.29, 0.717) is 21.9 Å². The summed E-state index contributed by atoms with van der Waals surface area (Å²) in [7, 11) is 0. The molecule has 6 nitrogen and oxygen atoms in total. The first-order valence-corrected chi connectivity index (χ1v) is 9.76. The molecule has 1 fully saturated rings. The fraction of sp³-hybridized carbons (Fsp3) is 0.238. The fourth-order valence-electron chi connectivity index (χ4n) is 3.91. The summed E-state index contributed by atoms with van der Waals surface area (Å²) in [5.74, 6) is 0.493. The highest BCUT2D eigenvalue weighted by molar-refractivity contribution is 6.32. The number of fused-ring (bicyclic) bond motifs is 2. The van der Waals surface area contributed by atoms with Crippen molar-refractivity contribution in [3.63, 3.8) is 0 Å². The highest BCUT2D eigenvalue weighted by Gasteiger charge is 2.18. The molecule has 0 radical (unpaired) electrons. The van der Waals surface area contributed by atoms with Crippen LogP contribution < -0.4 is 15.6 Å². The maximum atomic E-state index is 13.0. The predicted molar refractivity (Wildman–Crippen MR) is 114 cm³/mol. The second kappa shape index (κ2) is 6.65. The van der Waals surface area contributed by atoms with Crippen LogP contribution in [0.3, 0.4) is 0 Å². The Labute approximate surface area is 166 Å². The molecule has 0 spiro atoms. The Morgan fingerprint density at radius 3 is 2.68 bits per heavy atom. The number of benzene rings is 2. The standard InChI is InChI=1S/C21H20ClN5O/c1-12-10-13(27-8-6-23-7-9-27)11-16-18(12)26-21(25-16)17-19(28)14-4-2-3-5-15(14)24-20(17)22/h2-5,10-11,23H,6-9H2,1H3,(H,24,28)(H,25,26). The molecule has 1 saturated heterocycles. The van der Waals surface area contributed by atoms with E-state index >= 15 is 0 Å². The number of piperazine rings is 1. The number of rotatable bonds is 2. The molecule has 0 atom stereocenters. The molecule has 0 bridgehead atoms. The van der Waals surface area contributed by atoms with Crippen LogP contribution in [0.4, 0.5) is 5.69 Å². The van der Waals surface area contributed by atoms with Crippen LogP contribution in [0.1, 0.15) is 5.56 Å². The average molecular weight is 394 g/mol. The van der Waals surface area contributed by atoms with Crippen molar-refractivity contribution in [2.75, 3.05) is 31.1 Å². The van der Waals surface area contributed by atoms with Gasteiger partial charge in [0.15, 0.2) is 0 Å². The molecule has 28 heavy (non-hydrogen) atoms. The zero-order valence-electron chi connectivity index (χ0n) is 15.5. The van der Waals surface area contributed by atoms with E-state index in [4.69, 9.17) is 16.6 Å². The molecular weight excluding hydrogens is 374 g/mol. The summed E-state index contributed by atoms with van der Waals surface area (Å²) in [6, 6.07) is 11.6. The Bertz CT molecular complexity index is 1250. The van der Waals surface area contributed by atoms with Crippen molar-refractivity contribution in [1.29, 1.82) is 0 Å². The Kier molecular flexibility index (Phi) is 4.10. The van der Waals surface area contributed by atoms with E-state index in [1.807, 2.05) is 25.1 Å². The third-order valence-corrected chi connectivity index (χ3v) is 5.63. The summed E-state index contributed by atoms with van der Waals surface area (Å²) in [6.07, 6.45) is 0. The number of nitrogens with one attached hydrogen (secondary N) is 3. The van der Waals surface area contributed by atoms with E-state index < -0.39 is 0 Å². The first kappa shape index (κ1) is 17.3. The SMILES string of the molecule is Cc1cc(N2CCNCC2)cc2[nH]c(-c3c(Cl)[nH]c4ccccc4c3=O)nc12.